The van der Waals surface area contributed by atoms with Crippen molar-refractivity contribution >= 4 is 5.91 Å². The average molecular weight is 222 g/mol. The van der Waals surface area contributed by atoms with Crippen molar-refractivity contribution in [3.63, 3.8) is 0 Å². The van der Waals surface area contributed by atoms with Crippen molar-refractivity contribution in [1.82, 2.24) is 20.7 Å². The molecule has 0 aromatic carbocycles. The van der Waals surface area contributed by atoms with Gasteiger partial charge in [0.05, 0.1) is 5.69 Å². The van der Waals surface area contributed by atoms with Crippen LogP contribution in [0.2, 0.25) is 0 Å². The van der Waals surface area contributed by atoms with E-state index < -0.39 is 0 Å². The van der Waals surface area contributed by atoms with Crippen LogP contribution in [0.15, 0.2) is 0 Å². The molecule has 0 spiro atoms. The van der Waals surface area contributed by atoms with Crippen LogP contribution in [0.5, 0.6) is 0 Å². The van der Waals surface area contributed by atoms with Gasteiger partial charge in [-0.1, -0.05) is 25.7 Å². The van der Waals surface area contributed by atoms with Gasteiger partial charge in [0.2, 0.25) is 0 Å². The smallest absolute Gasteiger partial charge is 0.273 e. The van der Waals surface area contributed by atoms with E-state index >= 15 is 0 Å². The summed E-state index contributed by atoms with van der Waals surface area (Å²) in [6, 6.07) is 0.311. The zero-order chi connectivity index (χ0) is 11.4. The maximum Gasteiger partial charge on any atom is 0.273 e. The second-order valence-electron chi connectivity index (χ2n) is 4.42. The zero-order valence-corrected chi connectivity index (χ0v) is 9.62. The second-order valence-corrected chi connectivity index (χ2v) is 4.42. The Balaban J connectivity index is 1.93. The molecule has 1 heterocycles. The molecule has 0 bridgehead atoms. The van der Waals surface area contributed by atoms with E-state index in [0.29, 0.717) is 17.4 Å². The first-order valence-corrected chi connectivity index (χ1v) is 5.95. The average Bonchev–Trinajstić information content (AvgIpc) is 2.53. The standard InChI is InChI=1S/C11H18N4O/c1-8-10(14-15-13-8)11(16)12-9-6-4-2-3-5-7-9/h9H,2-7H2,1H3,(H,12,16)(H,13,14,15). The molecular formula is C11H18N4O. The van der Waals surface area contributed by atoms with Crippen LogP contribution in [0.25, 0.3) is 0 Å². The minimum absolute atomic E-state index is 0.0989. The van der Waals surface area contributed by atoms with Crippen molar-refractivity contribution in [3.8, 4) is 0 Å². The zero-order valence-electron chi connectivity index (χ0n) is 9.62. The van der Waals surface area contributed by atoms with Gasteiger partial charge < -0.3 is 5.32 Å². The van der Waals surface area contributed by atoms with Crippen molar-refractivity contribution in [1.29, 1.82) is 0 Å². The summed E-state index contributed by atoms with van der Waals surface area (Å²) in [5, 5.41) is 13.2. The fraction of sp³-hybridized carbons (Fsp3) is 0.727. The van der Waals surface area contributed by atoms with Crippen LogP contribution in [0, 0.1) is 6.92 Å². The van der Waals surface area contributed by atoms with Crippen LogP contribution >= 0.6 is 0 Å². The number of nitrogens with zero attached hydrogens (tertiary/aromatic N) is 2. The van der Waals surface area contributed by atoms with Crippen molar-refractivity contribution in [2.45, 2.75) is 51.5 Å². The molecule has 0 radical (unpaired) electrons. The van der Waals surface area contributed by atoms with E-state index in [1.54, 1.807) is 6.92 Å². The van der Waals surface area contributed by atoms with Gasteiger partial charge in [0.15, 0.2) is 5.69 Å². The predicted molar refractivity (Wildman–Crippen MR) is 60.1 cm³/mol. The third-order valence-electron chi connectivity index (χ3n) is 3.13. The lowest BCUT2D eigenvalue weighted by Crippen LogP contribution is -2.35. The van der Waals surface area contributed by atoms with Crippen molar-refractivity contribution in [2.24, 2.45) is 0 Å². The first kappa shape index (κ1) is 11.1. The van der Waals surface area contributed by atoms with E-state index in [1.165, 1.54) is 25.7 Å². The molecule has 1 aliphatic carbocycles. The molecule has 5 heteroatoms. The Hall–Kier alpha value is -1.39. The fourth-order valence-corrected chi connectivity index (χ4v) is 2.18. The fourth-order valence-electron chi connectivity index (χ4n) is 2.18. The lowest BCUT2D eigenvalue weighted by Gasteiger charge is -2.15. The second kappa shape index (κ2) is 5.09. The molecule has 0 atom stereocenters. The maximum atomic E-state index is 11.9. The quantitative estimate of drug-likeness (QED) is 0.746. The Labute approximate surface area is 95.0 Å². The SMILES string of the molecule is Cc1n[nH]nc1C(=O)NC1CCCCCC1. The summed E-state index contributed by atoms with van der Waals surface area (Å²) in [5.74, 6) is -0.0989. The molecule has 2 rings (SSSR count). The number of rotatable bonds is 2. The molecule has 1 aliphatic rings. The monoisotopic (exact) mass is 222 g/mol. The maximum absolute atomic E-state index is 11.9. The highest BCUT2D eigenvalue weighted by Crippen LogP contribution is 2.17. The number of aryl methyl sites for hydroxylation is 1. The molecule has 1 fully saturated rings. The van der Waals surface area contributed by atoms with Crippen molar-refractivity contribution in [3.05, 3.63) is 11.4 Å². The summed E-state index contributed by atoms with van der Waals surface area (Å²) in [6.45, 7) is 1.78. The van der Waals surface area contributed by atoms with Gasteiger partial charge in [-0.25, -0.2) is 0 Å². The Morgan fingerprint density at radius 2 is 1.94 bits per heavy atom. The number of carbonyl (C=O) groups excluding carboxylic acids is 1. The van der Waals surface area contributed by atoms with Gasteiger partial charge in [-0.2, -0.15) is 15.4 Å². The summed E-state index contributed by atoms with van der Waals surface area (Å²) in [4.78, 5) is 11.9. The first-order chi connectivity index (χ1) is 7.77. The lowest BCUT2D eigenvalue weighted by molar-refractivity contribution is 0.0927. The minimum atomic E-state index is -0.0989. The highest BCUT2D eigenvalue weighted by Gasteiger charge is 2.18. The topological polar surface area (TPSA) is 70.7 Å². The molecule has 0 saturated heterocycles. The number of aromatic amines is 1. The number of hydrogen-bond donors (Lipinski definition) is 2. The molecule has 88 valence electrons. The summed E-state index contributed by atoms with van der Waals surface area (Å²) >= 11 is 0. The molecule has 16 heavy (non-hydrogen) atoms. The van der Waals surface area contributed by atoms with Gasteiger partial charge in [-0.3, -0.25) is 4.79 Å². The van der Waals surface area contributed by atoms with Crippen molar-refractivity contribution < 1.29 is 4.79 Å². The Kier molecular flexibility index (Phi) is 3.54. The Bertz CT molecular complexity index is 353. The van der Waals surface area contributed by atoms with Gasteiger partial charge in [0.25, 0.3) is 5.91 Å². The van der Waals surface area contributed by atoms with E-state index in [0.717, 1.165) is 12.8 Å². The third-order valence-corrected chi connectivity index (χ3v) is 3.13. The molecule has 0 unspecified atom stereocenters. The van der Waals surface area contributed by atoms with Crippen molar-refractivity contribution in [2.75, 3.05) is 0 Å². The predicted octanol–water partition coefficient (Wildman–Crippen LogP) is 1.57. The largest absolute Gasteiger partial charge is 0.348 e. The molecule has 1 amide bonds. The molecule has 1 aromatic rings. The molecule has 0 aliphatic heterocycles. The van der Waals surface area contributed by atoms with Gasteiger partial charge in [0.1, 0.15) is 0 Å². The number of nitrogens with one attached hydrogen (secondary N) is 2. The van der Waals surface area contributed by atoms with Gasteiger partial charge in [-0.05, 0) is 19.8 Å². The summed E-state index contributed by atoms with van der Waals surface area (Å²) in [5.41, 5.74) is 1.08. The number of amides is 1. The molecule has 1 aromatic heterocycles. The first-order valence-electron chi connectivity index (χ1n) is 5.95. The number of carbonyl (C=O) groups is 1. The Morgan fingerprint density at radius 1 is 1.25 bits per heavy atom. The van der Waals surface area contributed by atoms with Crippen LogP contribution in [0.1, 0.15) is 54.7 Å². The number of aromatic nitrogens is 3. The molecule has 1 saturated carbocycles. The molecular weight excluding hydrogens is 204 g/mol. The minimum Gasteiger partial charge on any atom is -0.348 e. The van der Waals surface area contributed by atoms with E-state index in [-0.39, 0.29) is 5.91 Å². The molecule has 2 N–H and O–H groups in total. The van der Waals surface area contributed by atoms with E-state index in [9.17, 15) is 4.79 Å². The summed E-state index contributed by atoms with van der Waals surface area (Å²) in [6.07, 6.45) is 7.17. The lowest BCUT2D eigenvalue weighted by atomic mass is 10.1. The normalized spacial score (nSPS) is 18.1. The van der Waals surface area contributed by atoms with Gasteiger partial charge in [0, 0.05) is 6.04 Å². The van der Waals surface area contributed by atoms with Crippen LogP contribution in [0.4, 0.5) is 0 Å². The van der Waals surface area contributed by atoms with Crippen LogP contribution < -0.4 is 5.32 Å². The van der Waals surface area contributed by atoms with E-state index in [1.807, 2.05) is 0 Å². The van der Waals surface area contributed by atoms with Crippen LogP contribution in [0.3, 0.4) is 0 Å². The summed E-state index contributed by atoms with van der Waals surface area (Å²) in [7, 11) is 0. The van der Waals surface area contributed by atoms with E-state index in [2.05, 4.69) is 20.7 Å². The van der Waals surface area contributed by atoms with Gasteiger partial charge in [-0.15, -0.1) is 0 Å². The third kappa shape index (κ3) is 2.59. The number of hydrogen-bond acceptors (Lipinski definition) is 3. The molecule has 5 nitrogen and oxygen atoms in total. The highest BCUT2D eigenvalue weighted by atomic mass is 16.2. The van der Waals surface area contributed by atoms with Crippen LogP contribution in [-0.4, -0.2) is 27.4 Å². The van der Waals surface area contributed by atoms with Gasteiger partial charge >= 0.3 is 0 Å². The Morgan fingerprint density at radius 3 is 2.50 bits per heavy atom. The van der Waals surface area contributed by atoms with E-state index in [4.69, 9.17) is 0 Å². The van der Waals surface area contributed by atoms with Crippen LogP contribution in [-0.2, 0) is 0 Å². The summed E-state index contributed by atoms with van der Waals surface area (Å²) < 4.78 is 0. The number of H-pyrrole nitrogens is 1. The highest BCUT2D eigenvalue weighted by molar-refractivity contribution is 5.93.